The summed E-state index contributed by atoms with van der Waals surface area (Å²) in [4.78, 5) is 34.0. The van der Waals surface area contributed by atoms with Gasteiger partial charge in [-0.3, -0.25) is 9.59 Å². The standard InChI is InChI=1S/C34H35FN3O2P.C2H6.CH5P/c1-23(24-15-19-28(35)20-16-24)30(25-17-21-29(41)22-18-25)33(39)37-32(34(40)38(2)3)36-31(27-13-9-6-10-14-27)26-11-7-4-5-8-12-26;2*1-2/h4-11,13-23,30,32H,12,41H2,1-3H3,(H,37,39);1-2H3;2H2,1H3/b36-31+;;. The second-order valence-corrected chi connectivity index (χ2v) is 10.8. The zero-order valence-electron chi connectivity index (χ0n) is 27.1. The highest BCUT2D eigenvalue weighted by molar-refractivity contribution is 7.27. The smallest absolute Gasteiger partial charge is 0.267 e. The highest BCUT2D eigenvalue weighted by Crippen LogP contribution is 2.33. The minimum Gasteiger partial charge on any atom is -0.345 e. The molecule has 0 aliphatic heterocycles. The Morgan fingerprint density at radius 1 is 0.867 bits per heavy atom. The molecule has 0 radical (unpaired) electrons. The van der Waals surface area contributed by atoms with Gasteiger partial charge in [-0.1, -0.05) is 125 Å². The van der Waals surface area contributed by atoms with E-state index in [-0.39, 0.29) is 23.5 Å². The van der Waals surface area contributed by atoms with Crippen LogP contribution in [0.15, 0.2) is 120 Å². The highest BCUT2D eigenvalue weighted by atomic mass is 31.0. The number of nitrogens with one attached hydrogen (secondary N) is 1. The summed E-state index contributed by atoms with van der Waals surface area (Å²) in [5.74, 6) is -1.99. The van der Waals surface area contributed by atoms with Crippen LogP contribution in [0.25, 0.3) is 0 Å². The number of halogens is 1. The van der Waals surface area contributed by atoms with Gasteiger partial charge in [0.25, 0.3) is 5.91 Å². The van der Waals surface area contributed by atoms with Crippen LogP contribution in [0, 0.1) is 5.82 Å². The van der Waals surface area contributed by atoms with Crippen molar-refractivity contribution in [2.24, 2.45) is 4.99 Å². The molecule has 4 rings (SSSR count). The number of carbonyl (C=O) groups excluding carboxylic acids is 2. The van der Waals surface area contributed by atoms with E-state index in [4.69, 9.17) is 4.99 Å². The van der Waals surface area contributed by atoms with Crippen LogP contribution in [0.1, 0.15) is 55.7 Å². The van der Waals surface area contributed by atoms with Crippen LogP contribution < -0.4 is 10.6 Å². The minimum atomic E-state index is -1.16. The van der Waals surface area contributed by atoms with E-state index in [1.807, 2.05) is 112 Å². The number of likely N-dealkylation sites (N-methyl/N-ethyl adjacent to an activating group) is 1. The molecule has 0 fully saturated rings. The molecule has 1 aliphatic rings. The van der Waals surface area contributed by atoms with Gasteiger partial charge >= 0.3 is 0 Å². The summed E-state index contributed by atoms with van der Waals surface area (Å²) in [6.45, 7) is 7.85. The molecule has 0 saturated carbocycles. The van der Waals surface area contributed by atoms with Gasteiger partial charge in [-0.05, 0) is 46.5 Å². The Labute approximate surface area is 273 Å². The monoisotopic (exact) mass is 645 g/mol. The lowest BCUT2D eigenvalue weighted by Gasteiger charge is -2.27. The largest absolute Gasteiger partial charge is 0.345 e. The molecule has 0 aromatic heterocycles. The van der Waals surface area contributed by atoms with Crippen LogP contribution in [0.2, 0.25) is 0 Å². The predicted octanol–water partition coefficient (Wildman–Crippen LogP) is 7.19. The number of nitrogens with zero attached hydrogens (tertiary/aromatic N) is 2. The van der Waals surface area contributed by atoms with E-state index in [2.05, 4.69) is 23.8 Å². The topological polar surface area (TPSA) is 61.8 Å². The molecule has 3 aromatic carbocycles. The molecule has 0 spiro atoms. The maximum atomic E-state index is 14.1. The van der Waals surface area contributed by atoms with E-state index in [1.54, 1.807) is 26.2 Å². The second-order valence-electron chi connectivity index (χ2n) is 10.2. The normalized spacial score (nSPS) is 14.2. The fourth-order valence-corrected chi connectivity index (χ4v) is 4.96. The second kappa shape index (κ2) is 19.6. The highest BCUT2D eigenvalue weighted by Gasteiger charge is 2.32. The van der Waals surface area contributed by atoms with Crippen LogP contribution in [0.3, 0.4) is 0 Å². The van der Waals surface area contributed by atoms with E-state index in [0.29, 0.717) is 12.1 Å². The number of aliphatic imine (C=N–C) groups is 1. The maximum Gasteiger partial charge on any atom is 0.267 e. The lowest BCUT2D eigenvalue weighted by molar-refractivity contribution is -0.134. The summed E-state index contributed by atoms with van der Waals surface area (Å²) in [6, 6.07) is 23.5. The predicted molar refractivity (Wildman–Crippen MR) is 195 cm³/mol. The lowest BCUT2D eigenvalue weighted by atomic mass is 9.82. The minimum absolute atomic E-state index is 0.307. The SMILES string of the molecule is CC.CC(c1ccc(F)cc1)C(C(=O)NC(/N=C(\C1=CC=CC=CC1)c1ccccc1)C(=O)N(C)C)c1ccc(P)cc1.CP. The van der Waals surface area contributed by atoms with Crippen molar-refractivity contribution in [3.05, 3.63) is 137 Å². The quantitative estimate of drug-likeness (QED) is 0.198. The van der Waals surface area contributed by atoms with Crippen LogP contribution in [-0.2, 0) is 9.59 Å². The number of amides is 2. The van der Waals surface area contributed by atoms with E-state index in [0.717, 1.165) is 27.6 Å². The molecule has 238 valence electrons. The molecule has 5 nitrogen and oxygen atoms in total. The van der Waals surface area contributed by atoms with Crippen molar-refractivity contribution in [3.63, 3.8) is 0 Å². The Morgan fingerprint density at radius 2 is 1.47 bits per heavy atom. The van der Waals surface area contributed by atoms with Crippen LogP contribution in [0.4, 0.5) is 4.39 Å². The van der Waals surface area contributed by atoms with E-state index in [1.165, 1.54) is 17.0 Å². The van der Waals surface area contributed by atoms with Crippen molar-refractivity contribution >= 4 is 41.3 Å². The van der Waals surface area contributed by atoms with Gasteiger partial charge in [-0.25, -0.2) is 9.38 Å². The summed E-state index contributed by atoms with van der Waals surface area (Å²) >= 11 is 0. The van der Waals surface area contributed by atoms with Crippen molar-refractivity contribution in [2.75, 3.05) is 20.8 Å². The first-order valence-corrected chi connectivity index (χ1v) is 16.8. The molecule has 2 amide bonds. The van der Waals surface area contributed by atoms with Gasteiger partial charge < -0.3 is 10.2 Å². The maximum absolute atomic E-state index is 14.1. The molecular formula is C37H46FN3O2P2. The number of hydrogen-bond acceptors (Lipinski definition) is 3. The molecule has 8 heteroatoms. The van der Waals surface area contributed by atoms with Crippen molar-refractivity contribution in [1.82, 2.24) is 10.2 Å². The van der Waals surface area contributed by atoms with Gasteiger partial charge in [-0.15, -0.1) is 18.5 Å². The number of allylic oxidation sites excluding steroid dienone is 6. The van der Waals surface area contributed by atoms with Crippen LogP contribution in [-0.4, -0.2) is 49.4 Å². The van der Waals surface area contributed by atoms with Crippen LogP contribution >= 0.6 is 18.5 Å². The van der Waals surface area contributed by atoms with E-state index < -0.39 is 12.1 Å². The third-order valence-electron chi connectivity index (χ3n) is 7.03. The summed E-state index contributed by atoms with van der Waals surface area (Å²) < 4.78 is 13.7. The van der Waals surface area contributed by atoms with Gasteiger partial charge in [0, 0.05) is 19.7 Å². The molecule has 0 heterocycles. The average molecular weight is 646 g/mol. The summed E-state index contributed by atoms with van der Waals surface area (Å²) in [6.07, 6.45) is 9.34. The lowest BCUT2D eigenvalue weighted by Crippen LogP contribution is -2.47. The molecule has 45 heavy (non-hydrogen) atoms. The number of rotatable bonds is 9. The molecule has 0 saturated heterocycles. The first-order chi connectivity index (χ1) is 21.7. The molecule has 5 atom stereocenters. The fraction of sp³-hybridized carbons (Fsp3) is 0.270. The first kappa shape index (κ1) is 37.5. The number of benzene rings is 3. The zero-order valence-corrected chi connectivity index (χ0v) is 29.4. The van der Waals surface area contributed by atoms with E-state index >= 15 is 0 Å². The fourth-order valence-electron chi connectivity index (χ4n) is 4.77. The van der Waals surface area contributed by atoms with Gasteiger partial charge in [0.05, 0.1) is 11.6 Å². The van der Waals surface area contributed by atoms with Gasteiger partial charge in [0.1, 0.15) is 5.82 Å². The Kier molecular flexibility index (Phi) is 16.3. The van der Waals surface area contributed by atoms with Gasteiger partial charge in [0.15, 0.2) is 0 Å². The summed E-state index contributed by atoms with van der Waals surface area (Å²) in [5.41, 5.74) is 4.01. The summed E-state index contributed by atoms with van der Waals surface area (Å²) in [5, 5.41) is 3.95. The molecule has 1 N–H and O–H groups in total. The Balaban J connectivity index is 0.00000169. The van der Waals surface area contributed by atoms with Crippen molar-refractivity contribution in [3.8, 4) is 0 Å². The average Bonchev–Trinajstić information content (AvgIpc) is 3.36. The Hall–Kier alpha value is -3.72. The summed E-state index contributed by atoms with van der Waals surface area (Å²) in [7, 11) is 8.35. The van der Waals surface area contributed by atoms with Crippen molar-refractivity contribution in [2.45, 2.75) is 45.2 Å². The molecule has 5 unspecified atom stereocenters. The zero-order chi connectivity index (χ0) is 33.4. The van der Waals surface area contributed by atoms with E-state index in [9.17, 15) is 14.0 Å². The molecule has 3 aromatic rings. The molecule has 0 bridgehead atoms. The van der Waals surface area contributed by atoms with Gasteiger partial charge in [-0.2, -0.15) is 0 Å². The van der Waals surface area contributed by atoms with Gasteiger partial charge in [0.2, 0.25) is 12.1 Å². The van der Waals surface area contributed by atoms with Crippen molar-refractivity contribution in [1.29, 1.82) is 0 Å². The van der Waals surface area contributed by atoms with Crippen molar-refractivity contribution < 1.29 is 14.0 Å². The molecule has 1 aliphatic carbocycles. The first-order valence-electron chi connectivity index (χ1n) is 15.1. The number of hydrogen-bond donors (Lipinski definition) is 1. The molecular weight excluding hydrogens is 599 g/mol. The Morgan fingerprint density at radius 3 is 2.07 bits per heavy atom. The number of carbonyl (C=O) groups is 2. The third kappa shape index (κ3) is 11.0. The third-order valence-corrected chi connectivity index (χ3v) is 7.42. The van der Waals surface area contributed by atoms with Crippen LogP contribution in [0.5, 0.6) is 0 Å². The Bertz CT molecular complexity index is 1480.